The van der Waals surface area contributed by atoms with E-state index in [9.17, 15) is 0 Å². The van der Waals surface area contributed by atoms with Gasteiger partial charge in [0, 0.05) is 22.1 Å². The van der Waals surface area contributed by atoms with E-state index in [-0.39, 0.29) is 6.10 Å². The van der Waals surface area contributed by atoms with Crippen LogP contribution in [0.15, 0.2) is 27.1 Å². The van der Waals surface area contributed by atoms with E-state index in [0.717, 1.165) is 14.5 Å². The number of benzene rings is 1. The lowest BCUT2D eigenvalue weighted by Crippen LogP contribution is -2.15. The maximum atomic E-state index is 5.63. The fourth-order valence-electron chi connectivity index (χ4n) is 1.21. The highest BCUT2D eigenvalue weighted by Gasteiger charge is 2.10. The van der Waals surface area contributed by atoms with E-state index < -0.39 is 0 Å². The molecule has 0 aliphatic heterocycles. The topological polar surface area (TPSA) is 35.2 Å². The molecule has 1 atom stereocenters. The SMILES string of the molecule is CCOC(CN)c1ccc(Br)c(Br)c1. The molecule has 0 radical (unpaired) electrons. The Morgan fingerprint density at radius 1 is 1.36 bits per heavy atom. The first-order chi connectivity index (χ1) is 6.69. The highest BCUT2D eigenvalue weighted by atomic mass is 79.9. The predicted octanol–water partition coefficient (Wildman–Crippen LogP) is 3.25. The van der Waals surface area contributed by atoms with Crippen molar-refractivity contribution in [1.82, 2.24) is 0 Å². The van der Waals surface area contributed by atoms with E-state index >= 15 is 0 Å². The lowest BCUT2D eigenvalue weighted by atomic mass is 10.1. The molecule has 0 bridgehead atoms. The van der Waals surface area contributed by atoms with Gasteiger partial charge in [0.1, 0.15) is 0 Å². The molecule has 0 saturated heterocycles. The number of ether oxygens (including phenoxy) is 1. The van der Waals surface area contributed by atoms with Gasteiger partial charge in [0.05, 0.1) is 6.10 Å². The molecule has 0 fully saturated rings. The van der Waals surface area contributed by atoms with Crippen LogP contribution < -0.4 is 5.73 Å². The van der Waals surface area contributed by atoms with Crippen LogP contribution in [0.4, 0.5) is 0 Å². The summed E-state index contributed by atoms with van der Waals surface area (Å²) in [6, 6.07) is 6.03. The average molecular weight is 323 g/mol. The van der Waals surface area contributed by atoms with Gasteiger partial charge in [-0.2, -0.15) is 0 Å². The molecule has 0 amide bonds. The van der Waals surface area contributed by atoms with Gasteiger partial charge in [0.15, 0.2) is 0 Å². The molecule has 0 spiro atoms. The molecule has 2 N–H and O–H groups in total. The highest BCUT2D eigenvalue weighted by Crippen LogP contribution is 2.27. The van der Waals surface area contributed by atoms with Crippen molar-refractivity contribution >= 4 is 31.9 Å². The Kier molecular flexibility index (Phi) is 5.09. The summed E-state index contributed by atoms with van der Waals surface area (Å²) in [5.41, 5.74) is 6.73. The number of hydrogen-bond donors (Lipinski definition) is 1. The van der Waals surface area contributed by atoms with Crippen LogP contribution in [0.2, 0.25) is 0 Å². The molecule has 4 heteroatoms. The first kappa shape index (κ1) is 12.2. The minimum absolute atomic E-state index is 0.00981. The number of hydrogen-bond acceptors (Lipinski definition) is 2. The van der Waals surface area contributed by atoms with Crippen molar-refractivity contribution in [1.29, 1.82) is 0 Å². The summed E-state index contributed by atoms with van der Waals surface area (Å²) < 4.78 is 7.57. The van der Waals surface area contributed by atoms with E-state index in [1.807, 2.05) is 25.1 Å². The van der Waals surface area contributed by atoms with Gasteiger partial charge in [-0.05, 0) is 56.5 Å². The van der Waals surface area contributed by atoms with Crippen molar-refractivity contribution < 1.29 is 4.74 Å². The van der Waals surface area contributed by atoms with Crippen LogP contribution >= 0.6 is 31.9 Å². The van der Waals surface area contributed by atoms with E-state index in [2.05, 4.69) is 31.9 Å². The Morgan fingerprint density at radius 3 is 2.57 bits per heavy atom. The molecular weight excluding hydrogens is 310 g/mol. The molecule has 78 valence electrons. The maximum Gasteiger partial charge on any atom is 0.0947 e. The standard InChI is InChI=1S/C10H13Br2NO/c1-2-14-10(6-13)7-3-4-8(11)9(12)5-7/h3-5,10H,2,6,13H2,1H3. The first-order valence-electron chi connectivity index (χ1n) is 4.45. The lowest BCUT2D eigenvalue weighted by Gasteiger charge is -2.15. The maximum absolute atomic E-state index is 5.63. The third-order valence-electron chi connectivity index (χ3n) is 1.90. The first-order valence-corrected chi connectivity index (χ1v) is 6.04. The van der Waals surface area contributed by atoms with Crippen molar-refractivity contribution in [3.05, 3.63) is 32.7 Å². The monoisotopic (exact) mass is 321 g/mol. The van der Waals surface area contributed by atoms with Gasteiger partial charge in [0.25, 0.3) is 0 Å². The van der Waals surface area contributed by atoms with E-state index in [1.165, 1.54) is 0 Å². The molecule has 1 rings (SSSR count). The van der Waals surface area contributed by atoms with Crippen LogP contribution in [0.1, 0.15) is 18.6 Å². The molecule has 1 aromatic rings. The third kappa shape index (κ3) is 3.05. The quantitative estimate of drug-likeness (QED) is 0.923. The minimum Gasteiger partial charge on any atom is -0.372 e. The fraction of sp³-hybridized carbons (Fsp3) is 0.400. The predicted molar refractivity (Wildman–Crippen MR) is 65.3 cm³/mol. The van der Waals surface area contributed by atoms with E-state index in [4.69, 9.17) is 10.5 Å². The number of nitrogens with two attached hydrogens (primary N) is 1. The van der Waals surface area contributed by atoms with Gasteiger partial charge in [-0.3, -0.25) is 0 Å². The van der Waals surface area contributed by atoms with Crippen LogP contribution in [0.5, 0.6) is 0 Å². The minimum atomic E-state index is -0.00981. The van der Waals surface area contributed by atoms with E-state index in [1.54, 1.807) is 0 Å². The largest absolute Gasteiger partial charge is 0.372 e. The second-order valence-corrected chi connectivity index (χ2v) is 4.56. The van der Waals surface area contributed by atoms with Crippen LogP contribution in [0, 0.1) is 0 Å². The smallest absolute Gasteiger partial charge is 0.0947 e. The van der Waals surface area contributed by atoms with Crippen LogP contribution in [-0.2, 0) is 4.74 Å². The molecule has 0 heterocycles. The summed E-state index contributed by atoms with van der Waals surface area (Å²) in [7, 11) is 0. The Hall–Kier alpha value is 0.1000. The fourth-order valence-corrected chi connectivity index (χ4v) is 1.86. The molecular formula is C10H13Br2NO. The van der Waals surface area contributed by atoms with Crippen molar-refractivity contribution in [2.75, 3.05) is 13.2 Å². The van der Waals surface area contributed by atoms with Gasteiger partial charge < -0.3 is 10.5 Å². The molecule has 0 aliphatic carbocycles. The summed E-state index contributed by atoms with van der Waals surface area (Å²) in [6.45, 7) is 3.15. The number of halogens is 2. The molecule has 0 saturated carbocycles. The number of rotatable bonds is 4. The summed E-state index contributed by atoms with van der Waals surface area (Å²) in [4.78, 5) is 0. The van der Waals surface area contributed by atoms with Gasteiger partial charge >= 0.3 is 0 Å². The molecule has 1 unspecified atom stereocenters. The molecule has 1 aromatic carbocycles. The normalized spacial score (nSPS) is 12.9. The zero-order valence-electron chi connectivity index (χ0n) is 7.97. The van der Waals surface area contributed by atoms with Gasteiger partial charge in [0.2, 0.25) is 0 Å². The molecule has 14 heavy (non-hydrogen) atoms. The van der Waals surface area contributed by atoms with Crippen molar-refractivity contribution in [3.63, 3.8) is 0 Å². The summed E-state index contributed by atoms with van der Waals surface area (Å²) in [6.07, 6.45) is -0.00981. The average Bonchev–Trinajstić information content (AvgIpc) is 2.19. The Labute approximate surface area is 101 Å². The highest BCUT2D eigenvalue weighted by molar-refractivity contribution is 9.13. The molecule has 0 aliphatic rings. The second-order valence-electron chi connectivity index (χ2n) is 2.85. The van der Waals surface area contributed by atoms with Gasteiger partial charge in [-0.25, -0.2) is 0 Å². The molecule has 2 nitrogen and oxygen atoms in total. The van der Waals surface area contributed by atoms with Gasteiger partial charge in [-0.1, -0.05) is 6.07 Å². The van der Waals surface area contributed by atoms with Crippen molar-refractivity contribution in [2.45, 2.75) is 13.0 Å². The third-order valence-corrected chi connectivity index (χ3v) is 3.78. The summed E-state index contributed by atoms with van der Waals surface area (Å²) in [5.74, 6) is 0. The van der Waals surface area contributed by atoms with Gasteiger partial charge in [-0.15, -0.1) is 0 Å². The van der Waals surface area contributed by atoms with E-state index in [0.29, 0.717) is 13.2 Å². The second kappa shape index (κ2) is 5.85. The molecule has 0 aromatic heterocycles. The van der Waals surface area contributed by atoms with Crippen LogP contribution in [0.3, 0.4) is 0 Å². The van der Waals surface area contributed by atoms with Crippen LogP contribution in [0.25, 0.3) is 0 Å². The van der Waals surface area contributed by atoms with Crippen molar-refractivity contribution in [2.24, 2.45) is 5.73 Å². The Morgan fingerprint density at radius 2 is 2.07 bits per heavy atom. The Bertz CT molecular complexity index is 304. The summed E-state index contributed by atoms with van der Waals surface area (Å²) in [5, 5.41) is 0. The summed E-state index contributed by atoms with van der Waals surface area (Å²) >= 11 is 6.87. The van der Waals surface area contributed by atoms with Crippen molar-refractivity contribution in [3.8, 4) is 0 Å². The zero-order chi connectivity index (χ0) is 10.6. The lowest BCUT2D eigenvalue weighted by molar-refractivity contribution is 0.0688. The Balaban J connectivity index is 2.88. The zero-order valence-corrected chi connectivity index (χ0v) is 11.1. The van der Waals surface area contributed by atoms with Crippen LogP contribution in [-0.4, -0.2) is 13.2 Å².